The zero-order valence-electron chi connectivity index (χ0n) is 33.1. The number of benzene rings is 11. The van der Waals surface area contributed by atoms with Crippen LogP contribution < -0.4 is 0 Å². The van der Waals surface area contributed by atoms with Crippen LogP contribution in [0.25, 0.3) is 131 Å². The summed E-state index contributed by atoms with van der Waals surface area (Å²) < 4.78 is 6.64. The summed E-state index contributed by atoms with van der Waals surface area (Å²) in [4.78, 5) is 5.36. The Labute approximate surface area is 351 Å². The van der Waals surface area contributed by atoms with Crippen molar-refractivity contribution in [3.63, 3.8) is 0 Å². The van der Waals surface area contributed by atoms with E-state index in [1.807, 2.05) is 6.07 Å². The van der Waals surface area contributed by atoms with Gasteiger partial charge < -0.3 is 4.42 Å². The molecule has 282 valence electrons. The summed E-state index contributed by atoms with van der Waals surface area (Å²) in [5.41, 5.74) is 12.0. The highest BCUT2D eigenvalue weighted by Gasteiger charge is 2.21. The van der Waals surface area contributed by atoms with Crippen LogP contribution in [-0.4, -0.2) is 4.98 Å². The lowest BCUT2D eigenvalue weighted by atomic mass is 9.83. The van der Waals surface area contributed by atoms with Crippen molar-refractivity contribution >= 4 is 86.7 Å². The highest BCUT2D eigenvalue weighted by Crippen LogP contribution is 2.48. The van der Waals surface area contributed by atoms with Gasteiger partial charge in [0.15, 0.2) is 0 Å². The molecule has 0 unspecified atom stereocenters. The summed E-state index contributed by atoms with van der Waals surface area (Å²) in [6.07, 6.45) is 0. The molecule has 0 saturated carbocycles. The first-order valence-electron chi connectivity index (χ1n) is 21.0. The fourth-order valence-corrected chi connectivity index (χ4v) is 10.1. The van der Waals surface area contributed by atoms with E-state index >= 15 is 0 Å². The normalized spacial score (nSPS) is 11.9. The van der Waals surface area contributed by atoms with Gasteiger partial charge in [-0.2, -0.15) is 0 Å². The molecule has 2 heteroatoms. The van der Waals surface area contributed by atoms with E-state index in [9.17, 15) is 0 Å². The molecule has 0 fully saturated rings. The van der Waals surface area contributed by atoms with Gasteiger partial charge in [0.05, 0.1) is 11.2 Å². The molecule has 0 radical (unpaired) electrons. The number of hydrogen-bond donors (Lipinski definition) is 0. The predicted octanol–water partition coefficient (Wildman–Crippen LogP) is 16.6. The number of hydrogen-bond acceptors (Lipinski definition) is 2. The number of furan rings is 1. The largest absolute Gasteiger partial charge is 0.455 e. The summed E-state index contributed by atoms with van der Waals surface area (Å²) in [5.74, 6) is 0. The third kappa shape index (κ3) is 5.13. The van der Waals surface area contributed by atoms with Gasteiger partial charge in [-0.3, -0.25) is 0 Å². The molecule has 0 saturated heterocycles. The van der Waals surface area contributed by atoms with E-state index in [0.29, 0.717) is 0 Å². The molecule has 11 aromatic carbocycles. The van der Waals surface area contributed by atoms with E-state index in [1.165, 1.54) is 65.3 Å². The van der Waals surface area contributed by atoms with Gasteiger partial charge in [0, 0.05) is 32.5 Å². The minimum absolute atomic E-state index is 0.894. The smallest absolute Gasteiger partial charge is 0.144 e. The van der Waals surface area contributed by atoms with E-state index in [2.05, 4.69) is 206 Å². The molecule has 13 aromatic rings. The van der Waals surface area contributed by atoms with E-state index in [4.69, 9.17) is 9.40 Å². The second kappa shape index (κ2) is 13.2. The minimum atomic E-state index is 0.894. The van der Waals surface area contributed by atoms with E-state index in [-0.39, 0.29) is 0 Å². The van der Waals surface area contributed by atoms with Gasteiger partial charge in [-0.15, -0.1) is 0 Å². The predicted molar refractivity (Wildman–Crippen MR) is 258 cm³/mol. The average Bonchev–Trinajstić information content (AvgIpc) is 3.71. The van der Waals surface area contributed by atoms with Crippen molar-refractivity contribution < 1.29 is 4.42 Å². The fraction of sp³-hybridized carbons (Fsp3) is 0. The van der Waals surface area contributed by atoms with Crippen LogP contribution in [-0.2, 0) is 0 Å². The van der Waals surface area contributed by atoms with Crippen LogP contribution in [0.2, 0.25) is 0 Å². The Balaban J connectivity index is 1.08. The van der Waals surface area contributed by atoms with Gasteiger partial charge >= 0.3 is 0 Å². The Bertz CT molecular complexity index is 3940. The maximum Gasteiger partial charge on any atom is 0.144 e. The van der Waals surface area contributed by atoms with Crippen LogP contribution in [0.1, 0.15) is 0 Å². The number of nitrogens with zero attached hydrogens (tertiary/aromatic N) is 1. The highest BCUT2D eigenvalue weighted by atomic mass is 16.3. The average molecular weight is 774 g/mol. The van der Waals surface area contributed by atoms with Gasteiger partial charge in [-0.1, -0.05) is 182 Å². The van der Waals surface area contributed by atoms with Crippen molar-refractivity contribution in [2.75, 3.05) is 0 Å². The first-order chi connectivity index (χ1) is 30.3. The third-order valence-electron chi connectivity index (χ3n) is 12.8. The molecule has 0 N–H and O–H groups in total. The Morgan fingerprint density at radius 1 is 0.311 bits per heavy atom. The molecule has 2 nitrogen and oxygen atoms in total. The van der Waals surface area contributed by atoms with Gasteiger partial charge in [-0.25, -0.2) is 4.98 Å². The maximum absolute atomic E-state index is 6.64. The lowest BCUT2D eigenvalue weighted by Gasteiger charge is -2.20. The molecule has 0 aliphatic carbocycles. The number of para-hydroxylation sites is 2. The number of pyridine rings is 1. The maximum atomic E-state index is 6.64. The zero-order chi connectivity index (χ0) is 40.0. The molecule has 0 amide bonds. The van der Waals surface area contributed by atoms with Crippen molar-refractivity contribution in [2.45, 2.75) is 0 Å². The van der Waals surface area contributed by atoms with Gasteiger partial charge in [0.2, 0.25) is 0 Å². The Morgan fingerprint density at radius 2 is 0.820 bits per heavy atom. The molecule has 2 heterocycles. The molecule has 0 aliphatic heterocycles. The van der Waals surface area contributed by atoms with Crippen LogP contribution in [0, 0.1) is 0 Å². The van der Waals surface area contributed by atoms with Crippen molar-refractivity contribution in [1.29, 1.82) is 0 Å². The fourth-order valence-electron chi connectivity index (χ4n) is 10.1. The summed E-state index contributed by atoms with van der Waals surface area (Å²) in [7, 11) is 0. The van der Waals surface area contributed by atoms with Crippen molar-refractivity contribution in [3.05, 3.63) is 212 Å². The number of fused-ring (bicyclic) bond motifs is 11. The topological polar surface area (TPSA) is 26.0 Å². The van der Waals surface area contributed by atoms with Gasteiger partial charge in [0.1, 0.15) is 11.2 Å². The lowest BCUT2D eigenvalue weighted by Crippen LogP contribution is -1.93. The highest BCUT2D eigenvalue weighted by molar-refractivity contribution is 6.27. The Hall–Kier alpha value is -8.07. The number of aromatic nitrogens is 1. The first-order valence-corrected chi connectivity index (χ1v) is 21.0. The van der Waals surface area contributed by atoms with Crippen molar-refractivity contribution in [3.8, 4) is 44.6 Å². The summed E-state index contributed by atoms with van der Waals surface area (Å²) in [5, 5.41) is 15.4. The van der Waals surface area contributed by atoms with Gasteiger partial charge in [0.25, 0.3) is 0 Å². The number of rotatable bonds is 4. The standard InChI is InChI=1S/C59H35NO/c1-3-20-41-36(14-1)16-12-26-44(41)55-46-23-5-6-24-47(46)56(45-27-13-17-37-15-2-4-21-42(37)45)52-35-39(30-31-48(52)55)38-18-11-19-40(34-38)58-51-33-32-49-43-22-8-10-29-54(43)61-59(49)57(51)50-25-7-9-28-53(50)60-58/h1-35H. The molecule has 0 bridgehead atoms. The third-order valence-corrected chi connectivity index (χ3v) is 12.8. The van der Waals surface area contributed by atoms with Gasteiger partial charge in [-0.05, 0) is 107 Å². The molecule has 0 aliphatic rings. The summed E-state index contributed by atoms with van der Waals surface area (Å²) in [6, 6.07) is 77.1. The van der Waals surface area contributed by atoms with Crippen LogP contribution in [0.5, 0.6) is 0 Å². The van der Waals surface area contributed by atoms with Crippen molar-refractivity contribution in [1.82, 2.24) is 4.98 Å². The summed E-state index contributed by atoms with van der Waals surface area (Å²) in [6.45, 7) is 0. The summed E-state index contributed by atoms with van der Waals surface area (Å²) >= 11 is 0. The quantitative estimate of drug-likeness (QED) is 0.131. The molecule has 2 aromatic heterocycles. The Morgan fingerprint density at radius 3 is 1.56 bits per heavy atom. The van der Waals surface area contributed by atoms with Crippen LogP contribution >= 0.6 is 0 Å². The monoisotopic (exact) mass is 773 g/mol. The molecular weight excluding hydrogens is 739 g/mol. The van der Waals surface area contributed by atoms with Crippen LogP contribution in [0.15, 0.2) is 217 Å². The molecular formula is C59H35NO. The van der Waals surface area contributed by atoms with E-state index in [1.54, 1.807) is 0 Å². The zero-order valence-corrected chi connectivity index (χ0v) is 33.1. The molecule has 61 heavy (non-hydrogen) atoms. The second-order valence-electron chi connectivity index (χ2n) is 16.1. The lowest BCUT2D eigenvalue weighted by molar-refractivity contribution is 0.673. The first kappa shape index (κ1) is 33.9. The minimum Gasteiger partial charge on any atom is -0.455 e. The van der Waals surface area contributed by atoms with Crippen LogP contribution in [0.3, 0.4) is 0 Å². The second-order valence-corrected chi connectivity index (χ2v) is 16.1. The molecule has 13 rings (SSSR count). The van der Waals surface area contributed by atoms with E-state index < -0.39 is 0 Å². The van der Waals surface area contributed by atoms with E-state index in [0.717, 1.165) is 66.0 Å². The molecule has 0 spiro atoms. The Kier molecular flexibility index (Phi) is 7.34. The SMILES string of the molecule is c1cc(-c2ccc3c(-c4cccc5ccccc45)c4ccccc4c(-c4cccc5ccccc45)c3c2)cc(-c2nc3ccccc3c3c2ccc2c4ccccc4oc23)c1. The molecule has 0 atom stereocenters. The van der Waals surface area contributed by atoms with Crippen molar-refractivity contribution in [2.24, 2.45) is 0 Å². The van der Waals surface area contributed by atoms with Crippen LogP contribution in [0.4, 0.5) is 0 Å².